The average molecular weight is 476 g/mol. The maximum Gasteiger partial charge on any atom is 0.256 e. The molecular weight excluding hydrogens is 442 g/mol. The summed E-state index contributed by atoms with van der Waals surface area (Å²) in [5.74, 6) is 0.459. The number of fused-ring (bicyclic) bond motifs is 3. The molecular formula is C27H33N5O3. The highest BCUT2D eigenvalue weighted by molar-refractivity contribution is 6.08. The molecule has 1 saturated heterocycles. The van der Waals surface area contributed by atoms with Crippen LogP contribution in [0.2, 0.25) is 0 Å². The third-order valence-corrected chi connectivity index (χ3v) is 7.37. The van der Waals surface area contributed by atoms with Crippen LogP contribution < -0.4 is 5.32 Å². The van der Waals surface area contributed by atoms with Gasteiger partial charge in [-0.3, -0.25) is 14.6 Å². The van der Waals surface area contributed by atoms with Crippen LogP contribution in [-0.2, 0) is 16.6 Å². The molecule has 1 aliphatic heterocycles. The van der Waals surface area contributed by atoms with Crippen molar-refractivity contribution in [1.82, 2.24) is 19.4 Å². The van der Waals surface area contributed by atoms with Gasteiger partial charge in [0, 0.05) is 50.4 Å². The van der Waals surface area contributed by atoms with E-state index in [1.807, 2.05) is 29.8 Å². The minimum Gasteiger partial charge on any atom is -0.375 e. The number of anilines is 1. The first-order chi connectivity index (χ1) is 16.6. The first kappa shape index (κ1) is 23.5. The van der Waals surface area contributed by atoms with E-state index in [2.05, 4.69) is 36.0 Å². The van der Waals surface area contributed by atoms with Crippen LogP contribution in [0.1, 0.15) is 50.4 Å². The molecule has 5 rings (SSSR count). The van der Waals surface area contributed by atoms with Gasteiger partial charge in [0.1, 0.15) is 12.4 Å². The van der Waals surface area contributed by atoms with E-state index >= 15 is 0 Å². The average Bonchev–Trinajstić information content (AvgIpc) is 3.25. The molecule has 2 atom stereocenters. The first-order valence-electron chi connectivity index (χ1n) is 12.1. The summed E-state index contributed by atoms with van der Waals surface area (Å²) in [4.78, 5) is 37.5. The zero-order valence-corrected chi connectivity index (χ0v) is 21.1. The molecule has 35 heavy (non-hydrogen) atoms. The molecule has 8 heteroatoms. The van der Waals surface area contributed by atoms with Gasteiger partial charge in [-0.05, 0) is 54.4 Å². The third kappa shape index (κ3) is 4.31. The number of nitrogens with one attached hydrogen (secondary N) is 1. The van der Waals surface area contributed by atoms with Crippen LogP contribution in [0.4, 0.5) is 5.69 Å². The van der Waals surface area contributed by atoms with E-state index in [1.54, 1.807) is 18.5 Å². The van der Waals surface area contributed by atoms with Gasteiger partial charge in [-0.15, -0.1) is 0 Å². The number of methoxy groups -OCH3 is 1. The summed E-state index contributed by atoms with van der Waals surface area (Å²) >= 11 is 0. The van der Waals surface area contributed by atoms with E-state index in [-0.39, 0.29) is 35.3 Å². The van der Waals surface area contributed by atoms with Crippen LogP contribution in [-0.4, -0.2) is 57.6 Å². The summed E-state index contributed by atoms with van der Waals surface area (Å²) in [6.45, 7) is 7.59. The quantitative estimate of drug-likeness (QED) is 0.596. The van der Waals surface area contributed by atoms with E-state index in [4.69, 9.17) is 9.72 Å². The van der Waals surface area contributed by atoms with Gasteiger partial charge < -0.3 is 19.5 Å². The zero-order chi connectivity index (χ0) is 25.0. The monoisotopic (exact) mass is 475 g/mol. The Hall–Kier alpha value is -3.26. The van der Waals surface area contributed by atoms with Crippen LogP contribution in [0.5, 0.6) is 0 Å². The minimum absolute atomic E-state index is 0.00598. The number of hydrogen-bond donors (Lipinski definition) is 1. The third-order valence-electron chi connectivity index (χ3n) is 7.37. The van der Waals surface area contributed by atoms with Gasteiger partial charge >= 0.3 is 0 Å². The molecule has 3 aromatic rings. The summed E-state index contributed by atoms with van der Waals surface area (Å²) in [6, 6.07) is 7.61. The summed E-state index contributed by atoms with van der Waals surface area (Å²) in [5.41, 5.74) is 3.76. The Morgan fingerprint density at radius 2 is 1.91 bits per heavy atom. The number of carbonyl (C=O) groups excluding carboxylic acids is 2. The maximum absolute atomic E-state index is 14.2. The van der Waals surface area contributed by atoms with Gasteiger partial charge in [0.15, 0.2) is 0 Å². The number of rotatable bonds is 5. The molecule has 2 aromatic heterocycles. The number of hydrogen-bond acceptors (Lipinski definition) is 5. The largest absolute Gasteiger partial charge is 0.375 e. The van der Waals surface area contributed by atoms with Crippen molar-refractivity contribution >= 4 is 28.5 Å². The van der Waals surface area contributed by atoms with Gasteiger partial charge in [0.2, 0.25) is 5.91 Å². The van der Waals surface area contributed by atoms with E-state index in [0.717, 1.165) is 42.7 Å². The van der Waals surface area contributed by atoms with Gasteiger partial charge in [0.05, 0.1) is 16.6 Å². The van der Waals surface area contributed by atoms with Gasteiger partial charge in [-0.25, -0.2) is 4.98 Å². The Kier molecular flexibility index (Phi) is 5.67. The summed E-state index contributed by atoms with van der Waals surface area (Å²) < 4.78 is 6.93. The van der Waals surface area contributed by atoms with Crippen molar-refractivity contribution in [2.24, 2.45) is 17.9 Å². The summed E-state index contributed by atoms with van der Waals surface area (Å²) in [7, 11) is 3.41. The highest BCUT2D eigenvalue weighted by atomic mass is 16.5. The highest BCUT2D eigenvalue weighted by Crippen LogP contribution is 2.53. The van der Waals surface area contributed by atoms with E-state index in [1.165, 1.54) is 7.11 Å². The molecule has 0 radical (unpaired) electrons. The van der Waals surface area contributed by atoms with Crippen molar-refractivity contribution in [3.63, 3.8) is 0 Å². The molecule has 1 aromatic carbocycles. The van der Waals surface area contributed by atoms with Crippen LogP contribution in [0.25, 0.3) is 22.4 Å². The lowest BCUT2D eigenvalue weighted by Crippen LogP contribution is -2.38. The number of pyridine rings is 1. The van der Waals surface area contributed by atoms with Crippen molar-refractivity contribution in [2.75, 3.05) is 25.6 Å². The van der Waals surface area contributed by atoms with E-state index < -0.39 is 0 Å². The van der Waals surface area contributed by atoms with E-state index in [9.17, 15) is 9.59 Å². The smallest absolute Gasteiger partial charge is 0.256 e. The molecule has 184 valence electrons. The summed E-state index contributed by atoms with van der Waals surface area (Å²) in [5, 5.41) is 2.86. The summed E-state index contributed by atoms with van der Waals surface area (Å²) in [6.07, 6.45) is 6.59. The molecule has 2 amide bonds. The normalized spacial score (nSPS) is 23.0. The zero-order valence-electron chi connectivity index (χ0n) is 21.1. The molecule has 2 fully saturated rings. The van der Waals surface area contributed by atoms with Gasteiger partial charge in [-0.1, -0.05) is 20.8 Å². The molecule has 0 spiro atoms. The Morgan fingerprint density at radius 3 is 2.63 bits per heavy atom. The fraction of sp³-hybridized carbons (Fsp3) is 0.481. The molecule has 8 nitrogen and oxygen atoms in total. The van der Waals surface area contributed by atoms with Crippen LogP contribution in [0.15, 0.2) is 36.7 Å². The minimum atomic E-state index is -0.276. The van der Waals surface area contributed by atoms with Crippen LogP contribution in [0, 0.1) is 10.8 Å². The van der Waals surface area contributed by atoms with Crippen molar-refractivity contribution in [2.45, 2.75) is 46.1 Å². The molecule has 0 unspecified atom stereocenters. The predicted octanol–water partition coefficient (Wildman–Crippen LogP) is 4.26. The SMILES string of the molecule is COCC(=O)Nc1cc(C(=O)N2C[C@@]3(C)C[C@@H]2CC(C)(C)C3)c2c(c1)nc(-c1ccncc1)n2C. The van der Waals surface area contributed by atoms with E-state index in [0.29, 0.717) is 16.8 Å². The van der Waals surface area contributed by atoms with Crippen molar-refractivity contribution in [3.05, 3.63) is 42.2 Å². The second-order valence-corrected chi connectivity index (χ2v) is 11.2. The molecule has 2 bridgehead atoms. The fourth-order valence-electron chi connectivity index (χ4n) is 6.53. The second kappa shape index (κ2) is 8.45. The number of ether oxygens (including phenoxy) is 1. The number of benzene rings is 1. The number of carbonyl (C=O) groups is 2. The lowest BCUT2D eigenvalue weighted by atomic mass is 9.65. The topological polar surface area (TPSA) is 89.3 Å². The highest BCUT2D eigenvalue weighted by Gasteiger charge is 2.51. The molecule has 1 N–H and O–H groups in total. The van der Waals surface area contributed by atoms with Crippen molar-refractivity contribution < 1.29 is 14.3 Å². The molecule has 1 saturated carbocycles. The van der Waals surface area contributed by atoms with Crippen molar-refractivity contribution in [1.29, 1.82) is 0 Å². The lowest BCUT2D eigenvalue weighted by molar-refractivity contribution is -0.119. The van der Waals surface area contributed by atoms with Crippen LogP contribution >= 0.6 is 0 Å². The Balaban J connectivity index is 1.62. The predicted molar refractivity (Wildman–Crippen MR) is 135 cm³/mol. The first-order valence-corrected chi connectivity index (χ1v) is 12.1. The fourth-order valence-corrected chi connectivity index (χ4v) is 6.53. The molecule has 3 heterocycles. The number of aromatic nitrogens is 3. The van der Waals surface area contributed by atoms with Crippen LogP contribution in [0.3, 0.4) is 0 Å². The number of nitrogens with zero attached hydrogens (tertiary/aromatic N) is 4. The molecule has 1 aliphatic carbocycles. The number of likely N-dealkylation sites (tertiary alicyclic amines) is 1. The standard InChI is InChI=1S/C27H33N5O3/c1-26(2)12-19-13-27(3,15-26)16-32(19)25(34)20-10-18(29-22(33)14-35-5)11-21-23(20)31(4)24(30-21)17-6-8-28-9-7-17/h6-11,19H,12-16H2,1-5H3,(H,29,33)/t19-,27-/m0/s1. The molecule has 2 aliphatic rings. The van der Waals surface area contributed by atoms with Gasteiger partial charge in [-0.2, -0.15) is 0 Å². The number of amides is 2. The van der Waals surface area contributed by atoms with Crippen molar-refractivity contribution in [3.8, 4) is 11.4 Å². The Bertz CT molecular complexity index is 1300. The Labute approximate surface area is 205 Å². The maximum atomic E-state index is 14.2. The number of aryl methyl sites for hydroxylation is 1. The van der Waals surface area contributed by atoms with Gasteiger partial charge in [0.25, 0.3) is 5.91 Å². The number of imidazole rings is 1. The second-order valence-electron chi connectivity index (χ2n) is 11.2. The lowest BCUT2D eigenvalue weighted by Gasteiger charge is -2.39. The Morgan fingerprint density at radius 1 is 1.17 bits per heavy atom.